The van der Waals surface area contributed by atoms with Crippen LogP contribution >= 0.6 is 22.6 Å². The van der Waals surface area contributed by atoms with Gasteiger partial charge in [-0.05, 0) is 66.1 Å². The van der Waals surface area contributed by atoms with Crippen molar-refractivity contribution in [1.29, 1.82) is 0 Å². The summed E-state index contributed by atoms with van der Waals surface area (Å²) in [5.74, 6) is 0.427. The Bertz CT molecular complexity index is 411. The first-order valence-corrected chi connectivity index (χ1v) is 7.32. The van der Waals surface area contributed by atoms with Gasteiger partial charge in [-0.25, -0.2) is 0 Å². The van der Waals surface area contributed by atoms with Crippen molar-refractivity contribution >= 4 is 34.2 Å². The van der Waals surface area contributed by atoms with Crippen molar-refractivity contribution in [1.82, 2.24) is 0 Å². The maximum absolute atomic E-state index is 12.1. The van der Waals surface area contributed by atoms with Crippen LogP contribution in [0.1, 0.15) is 37.7 Å². The maximum atomic E-state index is 12.1. The maximum Gasteiger partial charge on any atom is 0.227 e. The number of carbonyl (C=O) groups excluding carboxylic acids is 1. The Hall–Kier alpha value is -0.580. The molecule has 0 unspecified atom stereocenters. The molecule has 0 atom stereocenters. The van der Waals surface area contributed by atoms with Crippen molar-refractivity contribution in [2.45, 2.75) is 39.0 Å². The van der Waals surface area contributed by atoms with Crippen LogP contribution in [0.25, 0.3) is 0 Å². The molecule has 1 aromatic carbocycles. The molecular weight excluding hydrogens is 325 g/mol. The zero-order chi connectivity index (χ0) is 12.3. The van der Waals surface area contributed by atoms with Gasteiger partial charge in [0.15, 0.2) is 0 Å². The van der Waals surface area contributed by atoms with Crippen LogP contribution in [0.4, 0.5) is 5.69 Å². The quantitative estimate of drug-likeness (QED) is 0.805. The zero-order valence-electron chi connectivity index (χ0n) is 10.1. The normalized spacial score (nSPS) is 16.8. The van der Waals surface area contributed by atoms with Crippen molar-refractivity contribution in [3.05, 3.63) is 27.3 Å². The molecule has 17 heavy (non-hydrogen) atoms. The Morgan fingerprint density at radius 1 is 1.29 bits per heavy atom. The van der Waals surface area contributed by atoms with E-state index >= 15 is 0 Å². The number of hydrogen-bond acceptors (Lipinski definition) is 1. The van der Waals surface area contributed by atoms with Gasteiger partial charge in [0.05, 0.1) is 0 Å². The van der Waals surface area contributed by atoms with Crippen molar-refractivity contribution in [2.24, 2.45) is 5.92 Å². The first-order valence-electron chi connectivity index (χ1n) is 6.24. The number of aryl methyl sites for hydroxylation is 1. The van der Waals surface area contributed by atoms with E-state index in [0.29, 0.717) is 0 Å². The third-order valence-corrected chi connectivity index (χ3v) is 4.09. The van der Waals surface area contributed by atoms with E-state index in [1.807, 2.05) is 19.1 Å². The number of anilines is 1. The summed E-state index contributed by atoms with van der Waals surface area (Å²) < 4.78 is 1.20. The number of benzene rings is 1. The molecule has 0 bridgehead atoms. The minimum absolute atomic E-state index is 0.203. The largest absolute Gasteiger partial charge is 0.326 e. The summed E-state index contributed by atoms with van der Waals surface area (Å²) in [4.78, 5) is 12.1. The van der Waals surface area contributed by atoms with Gasteiger partial charge in [-0.2, -0.15) is 0 Å². The van der Waals surface area contributed by atoms with Gasteiger partial charge < -0.3 is 5.32 Å². The minimum Gasteiger partial charge on any atom is -0.326 e. The van der Waals surface area contributed by atoms with E-state index in [0.717, 1.165) is 24.1 Å². The summed E-state index contributed by atoms with van der Waals surface area (Å²) >= 11 is 2.29. The molecule has 0 heterocycles. The van der Waals surface area contributed by atoms with Crippen LogP contribution in [0.5, 0.6) is 0 Å². The number of halogens is 1. The summed E-state index contributed by atoms with van der Waals surface area (Å²) in [6, 6.07) is 6.12. The number of carbonyl (C=O) groups is 1. The second kappa shape index (κ2) is 5.85. The first-order chi connectivity index (χ1) is 8.16. The fraction of sp³-hybridized carbons (Fsp3) is 0.500. The van der Waals surface area contributed by atoms with Gasteiger partial charge in [0.2, 0.25) is 5.91 Å². The molecule has 0 aliphatic heterocycles. The van der Waals surface area contributed by atoms with Gasteiger partial charge in [-0.1, -0.05) is 19.3 Å². The van der Waals surface area contributed by atoms with E-state index in [2.05, 4.69) is 34.0 Å². The standard InChI is InChI=1S/C14H18INO/c1-10-9-12(15)7-8-13(10)16-14(17)11-5-3-2-4-6-11/h7-9,11H,2-6H2,1H3,(H,16,17). The molecule has 3 heteroatoms. The molecule has 2 rings (SSSR count). The van der Waals surface area contributed by atoms with E-state index in [-0.39, 0.29) is 11.8 Å². The Morgan fingerprint density at radius 3 is 2.65 bits per heavy atom. The molecule has 2 nitrogen and oxygen atoms in total. The van der Waals surface area contributed by atoms with Crippen molar-refractivity contribution in [3.8, 4) is 0 Å². The predicted molar refractivity (Wildman–Crippen MR) is 79.1 cm³/mol. The van der Waals surface area contributed by atoms with Gasteiger partial charge in [0.25, 0.3) is 0 Å². The second-order valence-corrected chi connectivity index (χ2v) is 6.03. The summed E-state index contributed by atoms with van der Waals surface area (Å²) in [5, 5.41) is 3.06. The number of rotatable bonds is 2. The zero-order valence-corrected chi connectivity index (χ0v) is 12.3. The third-order valence-electron chi connectivity index (χ3n) is 3.42. The topological polar surface area (TPSA) is 29.1 Å². The molecule has 1 fully saturated rings. The highest BCUT2D eigenvalue weighted by molar-refractivity contribution is 14.1. The third kappa shape index (κ3) is 3.44. The van der Waals surface area contributed by atoms with Gasteiger partial charge >= 0.3 is 0 Å². The average Bonchev–Trinajstić information content (AvgIpc) is 2.34. The Kier molecular flexibility index (Phi) is 4.42. The summed E-state index contributed by atoms with van der Waals surface area (Å²) in [5.41, 5.74) is 2.10. The van der Waals surface area contributed by atoms with Crippen LogP contribution in [0, 0.1) is 16.4 Å². The molecule has 1 saturated carbocycles. The van der Waals surface area contributed by atoms with E-state index < -0.39 is 0 Å². The molecule has 1 aliphatic carbocycles. The molecule has 0 aromatic heterocycles. The lowest BCUT2D eigenvalue weighted by Gasteiger charge is -2.21. The lowest BCUT2D eigenvalue weighted by molar-refractivity contribution is -0.120. The summed E-state index contributed by atoms with van der Waals surface area (Å²) in [7, 11) is 0. The molecule has 1 amide bonds. The molecular formula is C14H18INO. The first kappa shape index (κ1) is 12.9. The molecule has 1 N–H and O–H groups in total. The van der Waals surface area contributed by atoms with Crippen LogP contribution in [0.2, 0.25) is 0 Å². The number of hydrogen-bond donors (Lipinski definition) is 1. The van der Waals surface area contributed by atoms with Crippen LogP contribution in [-0.2, 0) is 4.79 Å². The van der Waals surface area contributed by atoms with Crippen molar-refractivity contribution < 1.29 is 4.79 Å². The van der Waals surface area contributed by atoms with Crippen LogP contribution < -0.4 is 5.32 Å². The molecule has 0 spiro atoms. The predicted octanol–water partition coefficient (Wildman–Crippen LogP) is 4.12. The highest BCUT2D eigenvalue weighted by Gasteiger charge is 2.21. The van der Waals surface area contributed by atoms with Crippen LogP contribution in [0.3, 0.4) is 0 Å². The van der Waals surface area contributed by atoms with Gasteiger partial charge in [0, 0.05) is 15.2 Å². The molecule has 0 radical (unpaired) electrons. The van der Waals surface area contributed by atoms with E-state index in [1.165, 1.54) is 22.8 Å². The van der Waals surface area contributed by atoms with Crippen molar-refractivity contribution in [2.75, 3.05) is 5.32 Å². The lowest BCUT2D eigenvalue weighted by Crippen LogP contribution is -2.25. The Balaban J connectivity index is 2.02. The molecule has 1 aromatic rings. The number of nitrogens with one attached hydrogen (secondary N) is 1. The van der Waals surface area contributed by atoms with E-state index in [1.54, 1.807) is 0 Å². The Morgan fingerprint density at radius 2 is 2.00 bits per heavy atom. The molecule has 92 valence electrons. The number of amides is 1. The van der Waals surface area contributed by atoms with Gasteiger partial charge in [0.1, 0.15) is 0 Å². The average molecular weight is 343 g/mol. The SMILES string of the molecule is Cc1cc(I)ccc1NC(=O)C1CCCCC1. The summed E-state index contributed by atoms with van der Waals surface area (Å²) in [6.45, 7) is 2.04. The monoisotopic (exact) mass is 343 g/mol. The second-order valence-electron chi connectivity index (χ2n) is 4.78. The fourth-order valence-corrected chi connectivity index (χ4v) is 3.01. The van der Waals surface area contributed by atoms with E-state index in [9.17, 15) is 4.79 Å². The van der Waals surface area contributed by atoms with Crippen molar-refractivity contribution in [3.63, 3.8) is 0 Å². The highest BCUT2D eigenvalue weighted by atomic mass is 127. The summed E-state index contributed by atoms with van der Waals surface area (Å²) in [6.07, 6.45) is 5.78. The minimum atomic E-state index is 0.203. The lowest BCUT2D eigenvalue weighted by atomic mass is 9.88. The van der Waals surface area contributed by atoms with Crippen LogP contribution in [-0.4, -0.2) is 5.91 Å². The van der Waals surface area contributed by atoms with Gasteiger partial charge in [-0.3, -0.25) is 4.79 Å². The smallest absolute Gasteiger partial charge is 0.227 e. The Labute approximate surface area is 116 Å². The highest BCUT2D eigenvalue weighted by Crippen LogP contribution is 2.26. The fourth-order valence-electron chi connectivity index (χ4n) is 2.37. The molecule has 1 aliphatic rings. The van der Waals surface area contributed by atoms with Crippen LogP contribution in [0.15, 0.2) is 18.2 Å². The van der Waals surface area contributed by atoms with Gasteiger partial charge in [-0.15, -0.1) is 0 Å². The van der Waals surface area contributed by atoms with E-state index in [4.69, 9.17) is 0 Å². The molecule has 0 saturated heterocycles.